The minimum atomic E-state index is -0.649. The summed E-state index contributed by atoms with van der Waals surface area (Å²) in [7, 11) is 0. The molecule has 0 radical (unpaired) electrons. The smallest absolute Gasteiger partial charge is 0.232 e. The molecule has 1 aromatic carbocycles. The van der Waals surface area contributed by atoms with Gasteiger partial charge in [-0.1, -0.05) is 0 Å². The van der Waals surface area contributed by atoms with Crippen molar-refractivity contribution in [3.05, 3.63) is 48.2 Å². The summed E-state index contributed by atoms with van der Waals surface area (Å²) in [5.41, 5.74) is 0.595. The Balaban J connectivity index is 1.41. The van der Waals surface area contributed by atoms with Gasteiger partial charge in [0, 0.05) is 37.8 Å². The first-order valence-electron chi connectivity index (χ1n) is 9.87. The summed E-state index contributed by atoms with van der Waals surface area (Å²) in [5.74, 6) is -0.556. The number of benzene rings is 1. The fourth-order valence-electron chi connectivity index (χ4n) is 4.30. The Hall–Kier alpha value is -2.83. The first kappa shape index (κ1) is 19.5. The van der Waals surface area contributed by atoms with Crippen molar-refractivity contribution in [1.29, 1.82) is 0 Å². The van der Waals surface area contributed by atoms with Gasteiger partial charge >= 0.3 is 0 Å². The number of nitrogens with zero attached hydrogens (tertiary/aromatic N) is 2. The molecule has 1 aliphatic carbocycles. The third kappa shape index (κ3) is 3.99. The largest absolute Gasteiger partial charge is 0.343 e. The van der Waals surface area contributed by atoms with Crippen LogP contribution in [0.15, 0.2) is 36.5 Å². The molecule has 29 heavy (non-hydrogen) atoms. The Morgan fingerprint density at radius 3 is 2.24 bits per heavy atom. The summed E-state index contributed by atoms with van der Waals surface area (Å²) in [6.45, 7) is 2.98. The molecule has 2 amide bonds. The van der Waals surface area contributed by atoms with Crippen LogP contribution in [0, 0.1) is 23.0 Å². The van der Waals surface area contributed by atoms with Gasteiger partial charge in [-0.15, -0.1) is 0 Å². The van der Waals surface area contributed by atoms with Crippen LogP contribution < -0.4 is 5.32 Å². The van der Waals surface area contributed by atoms with Crippen LogP contribution >= 0.6 is 0 Å². The van der Waals surface area contributed by atoms with E-state index in [4.69, 9.17) is 0 Å². The lowest BCUT2D eigenvalue weighted by molar-refractivity contribution is -0.131. The third-order valence-electron chi connectivity index (χ3n) is 6.16. The molecule has 1 aliphatic heterocycles. The van der Waals surface area contributed by atoms with Crippen molar-refractivity contribution in [3.8, 4) is 11.1 Å². The number of rotatable bonds is 4. The van der Waals surface area contributed by atoms with Crippen LogP contribution in [0.2, 0.25) is 0 Å². The maximum absolute atomic E-state index is 13.4. The van der Waals surface area contributed by atoms with Gasteiger partial charge in [0.1, 0.15) is 17.5 Å². The zero-order valence-corrected chi connectivity index (χ0v) is 16.3. The quantitative estimate of drug-likeness (QED) is 0.845. The molecular formula is C22H23F2N3O2. The number of anilines is 1. The fourth-order valence-corrected chi connectivity index (χ4v) is 4.30. The van der Waals surface area contributed by atoms with E-state index in [1.807, 2.05) is 4.90 Å². The molecule has 7 heteroatoms. The zero-order valence-electron chi connectivity index (χ0n) is 16.3. The first-order chi connectivity index (χ1) is 13.9. The second kappa shape index (κ2) is 7.54. The molecule has 1 saturated heterocycles. The van der Waals surface area contributed by atoms with E-state index in [1.165, 1.54) is 18.3 Å². The minimum Gasteiger partial charge on any atom is -0.343 e. The molecule has 0 spiro atoms. The molecule has 2 aromatic rings. The monoisotopic (exact) mass is 399 g/mol. The van der Waals surface area contributed by atoms with Crippen LogP contribution in [-0.4, -0.2) is 34.8 Å². The first-order valence-corrected chi connectivity index (χ1v) is 9.87. The molecule has 152 valence electrons. The van der Waals surface area contributed by atoms with Gasteiger partial charge < -0.3 is 10.2 Å². The average molecular weight is 399 g/mol. The summed E-state index contributed by atoms with van der Waals surface area (Å²) in [5, 5.41) is 2.90. The summed E-state index contributed by atoms with van der Waals surface area (Å²) < 4.78 is 26.8. The SMILES string of the molecule is CC(=O)N1CCC(C2(C(=O)Nc3ccc(-c4cc(F)cc(F)c4)cn3)CC2)CC1. The van der Waals surface area contributed by atoms with Crippen LogP contribution in [-0.2, 0) is 9.59 Å². The standard InChI is InChI=1S/C22H23F2N3O2/c1-14(28)27-8-4-17(5-9-27)22(6-7-22)21(29)26-20-3-2-15(13-25-20)16-10-18(23)12-19(24)11-16/h2-3,10-13,17H,4-9H2,1H3,(H,25,26,29). The maximum atomic E-state index is 13.4. The Kier molecular flexibility index (Phi) is 5.06. The van der Waals surface area contributed by atoms with Gasteiger partial charge in [-0.25, -0.2) is 13.8 Å². The number of halogens is 2. The van der Waals surface area contributed by atoms with E-state index in [0.29, 0.717) is 30.0 Å². The number of pyridine rings is 1. The Labute approximate surface area is 168 Å². The molecule has 1 N–H and O–H groups in total. The Morgan fingerprint density at radius 2 is 1.72 bits per heavy atom. The van der Waals surface area contributed by atoms with Crippen molar-refractivity contribution in [1.82, 2.24) is 9.88 Å². The number of amides is 2. The number of carbonyl (C=O) groups excluding carboxylic acids is 2. The number of hydrogen-bond acceptors (Lipinski definition) is 3. The van der Waals surface area contributed by atoms with Gasteiger partial charge in [0.05, 0.1) is 5.41 Å². The third-order valence-corrected chi connectivity index (χ3v) is 6.16. The van der Waals surface area contributed by atoms with E-state index in [2.05, 4.69) is 10.3 Å². The van der Waals surface area contributed by atoms with Gasteiger partial charge in [-0.2, -0.15) is 0 Å². The predicted molar refractivity (Wildman–Crippen MR) is 105 cm³/mol. The molecule has 1 aromatic heterocycles. The summed E-state index contributed by atoms with van der Waals surface area (Å²) in [4.78, 5) is 30.5. The summed E-state index contributed by atoms with van der Waals surface area (Å²) in [6, 6.07) is 6.63. The molecule has 0 atom stereocenters. The van der Waals surface area contributed by atoms with Gasteiger partial charge in [0.2, 0.25) is 11.8 Å². The number of aromatic nitrogens is 1. The van der Waals surface area contributed by atoms with Crippen molar-refractivity contribution < 1.29 is 18.4 Å². The highest BCUT2D eigenvalue weighted by Crippen LogP contribution is 2.55. The molecule has 0 bridgehead atoms. The normalized spacial score (nSPS) is 18.4. The van der Waals surface area contributed by atoms with E-state index < -0.39 is 11.6 Å². The molecule has 1 saturated carbocycles. The molecule has 2 heterocycles. The van der Waals surface area contributed by atoms with E-state index in [0.717, 1.165) is 31.7 Å². The number of hydrogen-bond donors (Lipinski definition) is 1. The second-order valence-corrected chi connectivity index (χ2v) is 7.98. The van der Waals surface area contributed by atoms with E-state index >= 15 is 0 Å². The van der Waals surface area contributed by atoms with Crippen LogP contribution in [0.5, 0.6) is 0 Å². The Morgan fingerprint density at radius 1 is 1.07 bits per heavy atom. The molecule has 2 fully saturated rings. The summed E-state index contributed by atoms with van der Waals surface area (Å²) in [6.07, 6.45) is 4.87. The highest BCUT2D eigenvalue weighted by molar-refractivity contribution is 5.96. The topological polar surface area (TPSA) is 62.3 Å². The maximum Gasteiger partial charge on any atom is 0.232 e. The molecule has 0 unspecified atom stereocenters. The molecule has 5 nitrogen and oxygen atoms in total. The number of carbonyl (C=O) groups is 2. The van der Waals surface area contributed by atoms with Crippen LogP contribution in [0.25, 0.3) is 11.1 Å². The van der Waals surface area contributed by atoms with Gasteiger partial charge in [0.25, 0.3) is 0 Å². The fraction of sp³-hybridized carbons (Fsp3) is 0.409. The van der Waals surface area contributed by atoms with Crippen molar-refractivity contribution in [2.24, 2.45) is 11.3 Å². The lowest BCUT2D eigenvalue weighted by atomic mass is 9.80. The van der Waals surface area contributed by atoms with Gasteiger partial charge in [0.15, 0.2) is 0 Å². The average Bonchev–Trinajstić information content (AvgIpc) is 3.50. The zero-order chi connectivity index (χ0) is 20.6. The van der Waals surface area contributed by atoms with Crippen LogP contribution in [0.4, 0.5) is 14.6 Å². The highest BCUT2D eigenvalue weighted by Gasteiger charge is 2.55. The van der Waals surface area contributed by atoms with Crippen LogP contribution in [0.3, 0.4) is 0 Å². The molecular weight excluding hydrogens is 376 g/mol. The predicted octanol–water partition coefficient (Wildman–Crippen LogP) is 4.00. The Bertz CT molecular complexity index is 913. The number of piperidine rings is 1. The van der Waals surface area contributed by atoms with E-state index in [9.17, 15) is 18.4 Å². The van der Waals surface area contributed by atoms with Crippen molar-refractivity contribution in [2.45, 2.75) is 32.6 Å². The number of nitrogens with one attached hydrogen (secondary N) is 1. The van der Waals surface area contributed by atoms with Crippen LogP contribution in [0.1, 0.15) is 32.6 Å². The lowest BCUT2D eigenvalue weighted by Crippen LogP contribution is -2.42. The summed E-state index contributed by atoms with van der Waals surface area (Å²) >= 11 is 0. The number of likely N-dealkylation sites (tertiary alicyclic amines) is 1. The minimum absolute atomic E-state index is 0.0316. The van der Waals surface area contributed by atoms with E-state index in [-0.39, 0.29) is 23.1 Å². The van der Waals surface area contributed by atoms with Crippen molar-refractivity contribution in [2.75, 3.05) is 18.4 Å². The van der Waals surface area contributed by atoms with E-state index in [1.54, 1.807) is 19.1 Å². The lowest BCUT2D eigenvalue weighted by Gasteiger charge is -2.35. The second-order valence-electron chi connectivity index (χ2n) is 7.98. The highest BCUT2D eigenvalue weighted by atomic mass is 19.1. The van der Waals surface area contributed by atoms with Gasteiger partial charge in [-0.3, -0.25) is 9.59 Å². The van der Waals surface area contributed by atoms with Crippen molar-refractivity contribution in [3.63, 3.8) is 0 Å². The molecule has 4 rings (SSSR count). The van der Waals surface area contributed by atoms with Crippen molar-refractivity contribution >= 4 is 17.6 Å². The van der Waals surface area contributed by atoms with Gasteiger partial charge in [-0.05, 0) is 61.4 Å². The molecule has 2 aliphatic rings.